The molecule has 1 aliphatic rings. The van der Waals surface area contributed by atoms with Gasteiger partial charge in [0.15, 0.2) is 0 Å². The zero-order valence-electron chi connectivity index (χ0n) is 15.9. The average Bonchev–Trinajstić information content (AvgIpc) is 3.24. The van der Waals surface area contributed by atoms with Crippen molar-refractivity contribution in [2.75, 3.05) is 13.2 Å². The van der Waals surface area contributed by atoms with E-state index in [0.717, 1.165) is 36.0 Å². The lowest BCUT2D eigenvalue weighted by Crippen LogP contribution is -2.31. The van der Waals surface area contributed by atoms with Crippen LogP contribution in [0.4, 0.5) is 0 Å². The number of carbonyl (C=O) groups excluding carboxylic acids is 1. The van der Waals surface area contributed by atoms with Gasteiger partial charge in [0, 0.05) is 18.7 Å². The molecular formula is C22H23N3O3. The Hall–Kier alpha value is -2.99. The molecule has 1 saturated heterocycles. The highest BCUT2D eigenvalue weighted by molar-refractivity contribution is 5.94. The van der Waals surface area contributed by atoms with Crippen LogP contribution >= 0.6 is 0 Å². The number of aryl methyl sites for hydroxylation is 1. The normalized spacial score (nSPS) is 16.4. The molecular weight excluding hydrogens is 354 g/mol. The van der Waals surface area contributed by atoms with Gasteiger partial charge in [-0.05, 0) is 49.6 Å². The topological polar surface area (TPSA) is 73.2 Å². The van der Waals surface area contributed by atoms with Crippen LogP contribution in [0.15, 0.2) is 53.3 Å². The second kappa shape index (κ2) is 7.94. The third-order valence-electron chi connectivity index (χ3n) is 5.09. The number of carbonyl (C=O) groups is 1. The number of benzene rings is 2. The molecule has 144 valence electrons. The second-order valence-corrected chi connectivity index (χ2v) is 7.12. The van der Waals surface area contributed by atoms with Crippen molar-refractivity contribution in [2.45, 2.75) is 32.4 Å². The summed E-state index contributed by atoms with van der Waals surface area (Å²) in [6.07, 6.45) is 2.17. The van der Waals surface area contributed by atoms with E-state index in [4.69, 9.17) is 4.74 Å². The number of hydrogen-bond donors (Lipinski definition) is 1. The zero-order valence-corrected chi connectivity index (χ0v) is 15.9. The van der Waals surface area contributed by atoms with Gasteiger partial charge in [0.1, 0.15) is 5.69 Å². The van der Waals surface area contributed by atoms with E-state index in [0.29, 0.717) is 24.3 Å². The van der Waals surface area contributed by atoms with E-state index in [1.54, 1.807) is 23.6 Å². The number of ether oxygens (including phenoxy) is 1. The molecule has 4 rings (SSSR count). The maximum absolute atomic E-state index is 12.6. The van der Waals surface area contributed by atoms with Gasteiger partial charge in [-0.25, -0.2) is 4.98 Å². The zero-order chi connectivity index (χ0) is 19.5. The highest BCUT2D eigenvalue weighted by Crippen LogP contribution is 2.14. The molecule has 1 aromatic heterocycles. The molecule has 3 aromatic rings. The summed E-state index contributed by atoms with van der Waals surface area (Å²) in [5, 5.41) is 2.92. The number of para-hydroxylation sites is 2. The van der Waals surface area contributed by atoms with Gasteiger partial charge in [0.25, 0.3) is 11.5 Å². The molecule has 0 unspecified atom stereocenters. The lowest BCUT2D eigenvalue weighted by atomic mass is 10.1. The quantitative estimate of drug-likeness (QED) is 0.742. The summed E-state index contributed by atoms with van der Waals surface area (Å²) in [5.41, 5.74) is 3.53. The van der Waals surface area contributed by atoms with Crippen molar-refractivity contribution in [1.29, 1.82) is 0 Å². The smallest absolute Gasteiger partial charge is 0.272 e. The third kappa shape index (κ3) is 3.82. The van der Waals surface area contributed by atoms with Crippen LogP contribution in [0.1, 0.15) is 34.5 Å². The Morgan fingerprint density at radius 1 is 1.21 bits per heavy atom. The van der Waals surface area contributed by atoms with Gasteiger partial charge >= 0.3 is 0 Å². The van der Waals surface area contributed by atoms with Crippen LogP contribution in [-0.4, -0.2) is 34.7 Å². The van der Waals surface area contributed by atoms with Crippen LogP contribution < -0.4 is 10.9 Å². The van der Waals surface area contributed by atoms with Crippen LogP contribution in [0.5, 0.6) is 0 Å². The monoisotopic (exact) mass is 377 g/mol. The molecule has 0 spiro atoms. The summed E-state index contributed by atoms with van der Waals surface area (Å²) in [5.74, 6) is -0.107. The summed E-state index contributed by atoms with van der Waals surface area (Å²) < 4.78 is 7.25. The van der Waals surface area contributed by atoms with Gasteiger partial charge in [0.05, 0.1) is 23.7 Å². The van der Waals surface area contributed by atoms with Gasteiger partial charge in [0.2, 0.25) is 0 Å². The van der Waals surface area contributed by atoms with Crippen molar-refractivity contribution < 1.29 is 9.53 Å². The summed E-state index contributed by atoms with van der Waals surface area (Å²) in [6, 6.07) is 15.0. The fourth-order valence-electron chi connectivity index (χ4n) is 3.54. The van der Waals surface area contributed by atoms with Crippen LogP contribution in [-0.2, 0) is 11.3 Å². The molecule has 6 nitrogen and oxygen atoms in total. The van der Waals surface area contributed by atoms with Crippen molar-refractivity contribution in [1.82, 2.24) is 14.9 Å². The first-order chi connectivity index (χ1) is 13.6. The first-order valence-electron chi connectivity index (χ1n) is 9.57. The Morgan fingerprint density at radius 2 is 2.00 bits per heavy atom. The predicted octanol–water partition coefficient (Wildman–Crippen LogP) is 2.66. The van der Waals surface area contributed by atoms with Crippen molar-refractivity contribution in [3.8, 4) is 0 Å². The van der Waals surface area contributed by atoms with Crippen molar-refractivity contribution >= 4 is 16.9 Å². The fraction of sp³-hybridized carbons (Fsp3) is 0.318. The van der Waals surface area contributed by atoms with Crippen LogP contribution in [0.3, 0.4) is 0 Å². The largest absolute Gasteiger partial charge is 0.376 e. The highest BCUT2D eigenvalue weighted by atomic mass is 16.5. The Morgan fingerprint density at radius 3 is 2.75 bits per heavy atom. The number of amides is 1. The Bertz CT molecular complexity index is 1050. The number of hydrogen-bond acceptors (Lipinski definition) is 4. The predicted molar refractivity (Wildman–Crippen MR) is 108 cm³/mol. The number of rotatable bonds is 5. The minimum atomic E-state index is -0.107. The van der Waals surface area contributed by atoms with Crippen LogP contribution in [0, 0.1) is 6.92 Å². The molecule has 1 N–H and O–H groups in total. The molecule has 6 heteroatoms. The number of fused-ring (bicyclic) bond motifs is 1. The standard InChI is InChI=1S/C22H23N3O3/c1-15-22(27)25(20-7-3-2-6-19(20)24-15)14-16-8-10-17(11-9-16)21(26)23-13-18-5-4-12-28-18/h2-3,6-11,18H,4-5,12-14H2,1H3,(H,23,26)/t18-/m1/s1. The molecule has 1 amide bonds. The minimum absolute atomic E-state index is 0.0999. The number of nitrogens with one attached hydrogen (secondary N) is 1. The second-order valence-electron chi connectivity index (χ2n) is 7.12. The summed E-state index contributed by atoms with van der Waals surface area (Å²) in [6.45, 7) is 3.48. The van der Waals surface area contributed by atoms with E-state index in [2.05, 4.69) is 10.3 Å². The van der Waals surface area contributed by atoms with Crippen molar-refractivity contribution in [2.24, 2.45) is 0 Å². The van der Waals surface area contributed by atoms with Gasteiger partial charge in [-0.3, -0.25) is 9.59 Å². The van der Waals surface area contributed by atoms with Crippen molar-refractivity contribution in [3.63, 3.8) is 0 Å². The van der Waals surface area contributed by atoms with Gasteiger partial charge in [-0.15, -0.1) is 0 Å². The minimum Gasteiger partial charge on any atom is -0.376 e. The molecule has 0 bridgehead atoms. The first kappa shape index (κ1) is 18.4. The Kier molecular flexibility index (Phi) is 5.21. The Labute approximate surface area is 163 Å². The van der Waals surface area contributed by atoms with Gasteiger partial charge in [-0.2, -0.15) is 0 Å². The maximum atomic E-state index is 12.6. The summed E-state index contributed by atoms with van der Waals surface area (Å²) in [7, 11) is 0. The third-order valence-corrected chi connectivity index (χ3v) is 5.09. The van der Waals surface area contributed by atoms with Crippen molar-refractivity contribution in [3.05, 3.63) is 75.7 Å². The van der Waals surface area contributed by atoms with E-state index in [-0.39, 0.29) is 17.6 Å². The van der Waals surface area contributed by atoms with Crippen LogP contribution in [0.25, 0.3) is 11.0 Å². The van der Waals surface area contributed by atoms with Crippen LogP contribution in [0.2, 0.25) is 0 Å². The number of aromatic nitrogens is 2. The molecule has 2 heterocycles. The molecule has 1 aliphatic heterocycles. The lowest BCUT2D eigenvalue weighted by molar-refractivity contribution is 0.0858. The SMILES string of the molecule is Cc1nc2ccccc2n(Cc2ccc(C(=O)NC[C@H]3CCCO3)cc2)c1=O. The van der Waals surface area contributed by atoms with E-state index < -0.39 is 0 Å². The molecule has 2 aromatic carbocycles. The highest BCUT2D eigenvalue weighted by Gasteiger charge is 2.16. The first-order valence-corrected chi connectivity index (χ1v) is 9.57. The molecule has 1 atom stereocenters. The molecule has 28 heavy (non-hydrogen) atoms. The van der Waals surface area contributed by atoms with Gasteiger partial charge in [-0.1, -0.05) is 24.3 Å². The van der Waals surface area contributed by atoms with Gasteiger partial charge < -0.3 is 14.6 Å². The summed E-state index contributed by atoms with van der Waals surface area (Å²) in [4.78, 5) is 29.3. The molecule has 0 aliphatic carbocycles. The maximum Gasteiger partial charge on any atom is 0.272 e. The van der Waals surface area contributed by atoms with E-state index in [1.165, 1.54) is 0 Å². The van der Waals surface area contributed by atoms with E-state index in [1.807, 2.05) is 36.4 Å². The average molecular weight is 377 g/mol. The lowest BCUT2D eigenvalue weighted by Gasteiger charge is -2.12. The fourth-order valence-corrected chi connectivity index (χ4v) is 3.54. The number of nitrogens with zero attached hydrogens (tertiary/aromatic N) is 2. The molecule has 1 fully saturated rings. The molecule has 0 radical (unpaired) electrons. The van der Waals surface area contributed by atoms with E-state index in [9.17, 15) is 9.59 Å². The Balaban J connectivity index is 1.50. The molecule has 0 saturated carbocycles. The van der Waals surface area contributed by atoms with E-state index >= 15 is 0 Å². The summed E-state index contributed by atoms with van der Waals surface area (Å²) >= 11 is 0.